The van der Waals surface area contributed by atoms with Crippen molar-refractivity contribution in [3.8, 4) is 0 Å². The molecule has 0 aromatic heterocycles. The van der Waals surface area contributed by atoms with E-state index in [9.17, 15) is 0 Å². The van der Waals surface area contributed by atoms with Crippen molar-refractivity contribution in [1.82, 2.24) is 0 Å². The minimum absolute atomic E-state index is 0.673. The predicted octanol–water partition coefficient (Wildman–Crippen LogP) is 8.46. The Morgan fingerprint density at radius 2 is 0.909 bits per heavy atom. The summed E-state index contributed by atoms with van der Waals surface area (Å²) in [5.41, 5.74) is 1.44. The van der Waals surface area contributed by atoms with Crippen LogP contribution in [0.4, 0.5) is 0 Å². The Morgan fingerprint density at radius 3 is 1.23 bits per heavy atom. The summed E-state index contributed by atoms with van der Waals surface area (Å²) in [7, 11) is 0. The van der Waals surface area contributed by atoms with Crippen LogP contribution >= 0.6 is 0 Å². The highest BCUT2D eigenvalue weighted by atomic mass is 14.1. The van der Waals surface area contributed by atoms with E-state index in [1.165, 1.54) is 108 Å². The van der Waals surface area contributed by atoms with Gasteiger partial charge in [0.25, 0.3) is 0 Å². The van der Waals surface area contributed by atoms with Gasteiger partial charge in [0.2, 0.25) is 0 Å². The molecule has 22 heavy (non-hydrogen) atoms. The van der Waals surface area contributed by atoms with E-state index in [2.05, 4.69) is 27.4 Å². The molecule has 0 rings (SSSR count). The summed E-state index contributed by atoms with van der Waals surface area (Å²) in [6, 6.07) is 0. The Balaban J connectivity index is 3.04. The normalized spacial score (nSPS) is 11.3. The zero-order valence-electron chi connectivity index (χ0n) is 16.1. The number of hydrogen-bond donors (Lipinski definition) is 0. The summed E-state index contributed by atoms with van der Waals surface area (Å²) in [6.45, 7) is 11.0. The maximum atomic E-state index is 4.16. The summed E-state index contributed by atoms with van der Waals surface area (Å²) >= 11 is 0. The zero-order chi connectivity index (χ0) is 16.5. The van der Waals surface area contributed by atoms with Crippen LogP contribution in [0, 0.1) is 5.92 Å². The highest BCUT2D eigenvalue weighted by Crippen LogP contribution is 2.17. The Kier molecular flexibility index (Phi) is 16.9. The Bertz CT molecular complexity index is 226. The number of hydrogen-bond acceptors (Lipinski definition) is 0. The smallest absolute Gasteiger partial charge is 0.0263 e. The average molecular weight is 309 g/mol. The van der Waals surface area contributed by atoms with E-state index >= 15 is 0 Å². The summed E-state index contributed by atoms with van der Waals surface area (Å²) in [6.07, 6.45) is 22.9. The van der Waals surface area contributed by atoms with Crippen LogP contribution in [-0.2, 0) is 0 Å². The fourth-order valence-electron chi connectivity index (χ4n) is 3.01. The molecule has 0 nitrogen and oxygen atoms in total. The van der Waals surface area contributed by atoms with Crippen molar-refractivity contribution in [3.05, 3.63) is 12.2 Å². The molecule has 0 bridgehead atoms. The Labute approximate surface area is 142 Å². The first-order valence-corrected chi connectivity index (χ1v) is 10.4. The quantitative estimate of drug-likeness (QED) is 0.187. The van der Waals surface area contributed by atoms with Crippen LogP contribution in [0.1, 0.15) is 124 Å². The molecule has 0 aromatic rings. The lowest BCUT2D eigenvalue weighted by atomic mass is 9.98. The van der Waals surface area contributed by atoms with Gasteiger partial charge in [-0.2, -0.15) is 0 Å². The van der Waals surface area contributed by atoms with Crippen LogP contribution in [0.3, 0.4) is 0 Å². The van der Waals surface area contributed by atoms with E-state index in [0.717, 1.165) is 0 Å². The minimum atomic E-state index is 0.673. The Hall–Kier alpha value is -0.260. The van der Waals surface area contributed by atoms with Crippen LogP contribution in [0.15, 0.2) is 12.2 Å². The van der Waals surface area contributed by atoms with Crippen LogP contribution in [-0.4, -0.2) is 0 Å². The zero-order valence-corrected chi connectivity index (χ0v) is 16.1. The van der Waals surface area contributed by atoms with Crippen molar-refractivity contribution >= 4 is 0 Å². The van der Waals surface area contributed by atoms with Gasteiger partial charge in [-0.3, -0.25) is 0 Å². The number of rotatable bonds is 17. The molecule has 0 radical (unpaired) electrons. The molecule has 0 heterocycles. The van der Waals surface area contributed by atoms with Crippen LogP contribution < -0.4 is 0 Å². The lowest BCUT2D eigenvalue weighted by Crippen LogP contribution is -1.92. The maximum Gasteiger partial charge on any atom is -0.0263 e. The van der Waals surface area contributed by atoms with Crippen LogP contribution in [0.25, 0.3) is 0 Å². The monoisotopic (exact) mass is 308 g/mol. The molecular weight excluding hydrogens is 264 g/mol. The lowest BCUT2D eigenvalue weighted by molar-refractivity contribution is 0.530. The molecule has 0 aromatic carbocycles. The second-order valence-corrected chi connectivity index (χ2v) is 7.51. The molecule has 0 aliphatic heterocycles. The third-order valence-corrected chi connectivity index (χ3v) is 4.92. The van der Waals surface area contributed by atoms with Gasteiger partial charge in [0.15, 0.2) is 0 Å². The fourth-order valence-corrected chi connectivity index (χ4v) is 3.01. The van der Waals surface area contributed by atoms with E-state index in [1.807, 2.05) is 0 Å². The van der Waals surface area contributed by atoms with Gasteiger partial charge < -0.3 is 0 Å². The molecule has 0 heteroatoms. The van der Waals surface area contributed by atoms with Crippen molar-refractivity contribution in [2.24, 2.45) is 5.92 Å². The van der Waals surface area contributed by atoms with Gasteiger partial charge in [-0.25, -0.2) is 0 Å². The molecule has 0 saturated heterocycles. The summed E-state index contributed by atoms with van der Waals surface area (Å²) < 4.78 is 0. The van der Waals surface area contributed by atoms with E-state index in [1.54, 1.807) is 0 Å². The van der Waals surface area contributed by atoms with Crippen molar-refractivity contribution in [2.75, 3.05) is 0 Å². The molecule has 0 saturated carbocycles. The van der Waals surface area contributed by atoms with E-state index < -0.39 is 0 Å². The SMILES string of the molecule is C=C(CCCCCCCCCCCCCCCCC)C(C)C. The third-order valence-electron chi connectivity index (χ3n) is 4.92. The number of unbranched alkanes of at least 4 members (excludes halogenated alkanes) is 14. The van der Waals surface area contributed by atoms with Gasteiger partial charge in [-0.1, -0.05) is 123 Å². The van der Waals surface area contributed by atoms with Crippen molar-refractivity contribution in [2.45, 2.75) is 124 Å². The average Bonchev–Trinajstić information content (AvgIpc) is 2.50. The molecule has 0 unspecified atom stereocenters. The number of allylic oxidation sites excluding steroid dienone is 1. The molecule has 0 amide bonds. The maximum absolute atomic E-state index is 4.16. The van der Waals surface area contributed by atoms with Crippen LogP contribution in [0.5, 0.6) is 0 Å². The minimum Gasteiger partial charge on any atom is -0.0996 e. The second-order valence-electron chi connectivity index (χ2n) is 7.51. The molecule has 0 aliphatic carbocycles. The Morgan fingerprint density at radius 1 is 0.591 bits per heavy atom. The molecule has 0 aliphatic rings. The molecule has 0 spiro atoms. The van der Waals surface area contributed by atoms with Gasteiger partial charge in [-0.05, 0) is 18.8 Å². The van der Waals surface area contributed by atoms with Gasteiger partial charge in [-0.15, -0.1) is 0 Å². The second kappa shape index (κ2) is 17.1. The van der Waals surface area contributed by atoms with Crippen LogP contribution in [0.2, 0.25) is 0 Å². The largest absolute Gasteiger partial charge is 0.0996 e. The summed E-state index contributed by atoms with van der Waals surface area (Å²) in [4.78, 5) is 0. The van der Waals surface area contributed by atoms with E-state index in [0.29, 0.717) is 5.92 Å². The highest BCUT2D eigenvalue weighted by molar-refractivity contribution is 4.96. The topological polar surface area (TPSA) is 0 Å². The summed E-state index contributed by atoms with van der Waals surface area (Å²) in [5.74, 6) is 0.673. The van der Waals surface area contributed by atoms with Gasteiger partial charge in [0.05, 0.1) is 0 Å². The first-order valence-electron chi connectivity index (χ1n) is 10.4. The molecule has 0 N–H and O–H groups in total. The van der Waals surface area contributed by atoms with Crippen molar-refractivity contribution in [1.29, 1.82) is 0 Å². The first kappa shape index (κ1) is 21.7. The molecule has 132 valence electrons. The van der Waals surface area contributed by atoms with Gasteiger partial charge in [0, 0.05) is 0 Å². The highest BCUT2D eigenvalue weighted by Gasteiger charge is 1.99. The van der Waals surface area contributed by atoms with E-state index in [4.69, 9.17) is 0 Å². The third kappa shape index (κ3) is 16.1. The molecule has 0 atom stereocenters. The standard InChI is InChI=1S/C22H44/c1-5-6-7-8-9-10-11-12-13-14-15-16-17-18-19-20-22(4)21(2)3/h21H,4-20H2,1-3H3. The molecule has 0 fully saturated rings. The lowest BCUT2D eigenvalue weighted by Gasteiger charge is -2.08. The first-order chi connectivity index (χ1) is 10.7. The van der Waals surface area contributed by atoms with Crippen molar-refractivity contribution in [3.63, 3.8) is 0 Å². The predicted molar refractivity (Wildman–Crippen MR) is 104 cm³/mol. The van der Waals surface area contributed by atoms with Gasteiger partial charge in [0.1, 0.15) is 0 Å². The molecular formula is C22H44. The van der Waals surface area contributed by atoms with Crippen molar-refractivity contribution < 1.29 is 0 Å². The summed E-state index contributed by atoms with van der Waals surface area (Å²) in [5, 5.41) is 0. The van der Waals surface area contributed by atoms with Gasteiger partial charge >= 0.3 is 0 Å². The fraction of sp³-hybridized carbons (Fsp3) is 0.909. The van der Waals surface area contributed by atoms with E-state index in [-0.39, 0.29) is 0 Å².